The predicted octanol–water partition coefficient (Wildman–Crippen LogP) is 8.22. The smallest absolute Gasteiger partial charge is 0.107 e. The fourth-order valence-corrected chi connectivity index (χ4v) is 16.1. The van der Waals surface area contributed by atoms with Gasteiger partial charge in [-0.3, -0.25) is 0 Å². The summed E-state index contributed by atoms with van der Waals surface area (Å²) >= 11 is 0. The third-order valence-electron chi connectivity index (χ3n) is 11.4. The molecule has 0 saturated heterocycles. The van der Waals surface area contributed by atoms with Crippen LogP contribution in [0.3, 0.4) is 0 Å². The third kappa shape index (κ3) is 2.98. The van der Waals surface area contributed by atoms with Gasteiger partial charge in [-0.2, -0.15) is 0 Å². The zero-order valence-electron chi connectivity index (χ0n) is 19.7. The minimum atomic E-state index is -1.34. The van der Waals surface area contributed by atoms with Crippen LogP contribution in [0, 0.1) is 47.3 Å². The molecular formula is C27H44OSi. The molecule has 0 amide bonds. The molecule has 0 N–H and O–H groups in total. The van der Waals surface area contributed by atoms with Gasteiger partial charge < -0.3 is 4.42 Å². The Kier molecular flexibility index (Phi) is 5.12. The van der Waals surface area contributed by atoms with Crippen molar-refractivity contribution in [3.8, 4) is 0 Å². The van der Waals surface area contributed by atoms with E-state index >= 15 is 0 Å². The standard InChI is InChI=1S/C27H44OSi/c1-16-17(2)19(4)27(18(16)3)29(5,6)25-13-12-22-23(25)15-20-9-7-10-21(20)26(22)24-11-8-14-28-24/h8,11,14,16-23,25-27H,7,9-10,12-13,15H2,1-6H3. The Morgan fingerprint density at radius 3 is 2.21 bits per heavy atom. The molecule has 0 aliphatic heterocycles. The van der Waals surface area contributed by atoms with Gasteiger partial charge in [-0.15, -0.1) is 0 Å². The van der Waals surface area contributed by atoms with Gasteiger partial charge in [-0.25, -0.2) is 0 Å². The molecule has 4 saturated carbocycles. The van der Waals surface area contributed by atoms with Crippen molar-refractivity contribution in [2.75, 3.05) is 0 Å². The lowest BCUT2D eigenvalue weighted by molar-refractivity contribution is 0.107. The van der Waals surface area contributed by atoms with Crippen molar-refractivity contribution in [3.63, 3.8) is 0 Å². The van der Waals surface area contributed by atoms with Gasteiger partial charge in [0.25, 0.3) is 0 Å². The highest BCUT2D eigenvalue weighted by molar-refractivity contribution is 6.80. The van der Waals surface area contributed by atoms with E-state index in [1.807, 2.05) is 6.26 Å². The second-order valence-electron chi connectivity index (χ2n) is 12.4. The van der Waals surface area contributed by atoms with E-state index in [1.165, 1.54) is 37.9 Å². The van der Waals surface area contributed by atoms with Crippen molar-refractivity contribution in [1.29, 1.82) is 0 Å². The van der Waals surface area contributed by atoms with Gasteiger partial charge in [0.15, 0.2) is 0 Å². The lowest BCUT2D eigenvalue weighted by Crippen LogP contribution is -2.46. The molecule has 0 bridgehead atoms. The second kappa shape index (κ2) is 7.28. The summed E-state index contributed by atoms with van der Waals surface area (Å²) in [6.07, 6.45) is 10.9. The van der Waals surface area contributed by atoms with Gasteiger partial charge in [0.1, 0.15) is 5.76 Å². The third-order valence-corrected chi connectivity index (χ3v) is 16.8. The van der Waals surface area contributed by atoms with Gasteiger partial charge in [0.2, 0.25) is 0 Å². The van der Waals surface area contributed by atoms with Crippen molar-refractivity contribution < 1.29 is 4.42 Å². The Balaban J connectivity index is 1.46. The number of furan rings is 1. The Morgan fingerprint density at radius 1 is 0.828 bits per heavy atom. The molecule has 1 aromatic rings. The van der Waals surface area contributed by atoms with Gasteiger partial charge in [0.05, 0.1) is 14.3 Å². The first-order valence-corrected chi connectivity index (χ1v) is 16.0. The topological polar surface area (TPSA) is 13.1 Å². The molecule has 4 aliphatic rings. The van der Waals surface area contributed by atoms with Crippen LogP contribution in [0.4, 0.5) is 0 Å². The maximum Gasteiger partial charge on any atom is 0.107 e. The quantitative estimate of drug-likeness (QED) is 0.456. The molecular weight excluding hydrogens is 368 g/mol. The van der Waals surface area contributed by atoms with Crippen LogP contribution >= 0.6 is 0 Å². The molecule has 1 nitrogen and oxygen atoms in total. The summed E-state index contributed by atoms with van der Waals surface area (Å²) in [4.78, 5) is 0. The van der Waals surface area contributed by atoms with Gasteiger partial charge in [-0.05, 0) is 89.8 Å². The monoisotopic (exact) mass is 412 g/mol. The zero-order valence-corrected chi connectivity index (χ0v) is 20.7. The van der Waals surface area contributed by atoms with Crippen molar-refractivity contribution >= 4 is 8.07 Å². The molecule has 0 radical (unpaired) electrons. The summed E-state index contributed by atoms with van der Waals surface area (Å²) in [5, 5.41) is 0. The summed E-state index contributed by atoms with van der Waals surface area (Å²) in [5.74, 6) is 9.48. The van der Waals surface area contributed by atoms with E-state index in [1.54, 1.807) is 6.42 Å². The molecule has 0 aromatic carbocycles. The summed E-state index contributed by atoms with van der Waals surface area (Å²) in [6, 6.07) is 4.45. The molecule has 10 atom stereocenters. The number of rotatable bonds is 3. The van der Waals surface area contributed by atoms with E-state index in [9.17, 15) is 0 Å². The van der Waals surface area contributed by atoms with Crippen LogP contribution in [0.1, 0.15) is 77.9 Å². The molecule has 4 aliphatic carbocycles. The van der Waals surface area contributed by atoms with E-state index in [0.717, 1.165) is 64.3 Å². The molecule has 29 heavy (non-hydrogen) atoms. The Hall–Kier alpha value is -0.503. The largest absolute Gasteiger partial charge is 0.469 e. The van der Waals surface area contributed by atoms with Gasteiger partial charge in [-0.1, -0.05) is 60.1 Å². The number of hydrogen-bond donors (Lipinski definition) is 0. The van der Waals surface area contributed by atoms with Crippen LogP contribution in [0.2, 0.25) is 24.2 Å². The van der Waals surface area contributed by atoms with Crippen LogP contribution in [-0.4, -0.2) is 8.07 Å². The molecule has 1 aromatic heterocycles. The molecule has 0 spiro atoms. The van der Waals surface area contributed by atoms with E-state index in [0.29, 0.717) is 0 Å². The molecule has 10 unspecified atom stereocenters. The summed E-state index contributed by atoms with van der Waals surface area (Å²) in [7, 11) is -1.34. The maximum atomic E-state index is 6.08. The van der Waals surface area contributed by atoms with Gasteiger partial charge >= 0.3 is 0 Å². The average molecular weight is 413 g/mol. The molecule has 4 fully saturated rings. The van der Waals surface area contributed by atoms with Crippen LogP contribution in [-0.2, 0) is 0 Å². The van der Waals surface area contributed by atoms with Crippen LogP contribution < -0.4 is 0 Å². The predicted molar refractivity (Wildman–Crippen MR) is 125 cm³/mol. The Bertz CT molecular complexity index is 694. The highest BCUT2D eigenvalue weighted by Crippen LogP contribution is 2.66. The number of fused-ring (bicyclic) bond motifs is 2. The fourth-order valence-electron chi connectivity index (χ4n) is 9.90. The molecule has 1 heterocycles. The highest BCUT2D eigenvalue weighted by Gasteiger charge is 2.59. The van der Waals surface area contributed by atoms with Crippen molar-refractivity contribution in [2.24, 2.45) is 47.3 Å². The first-order chi connectivity index (χ1) is 13.8. The minimum absolute atomic E-state index is 0.724. The van der Waals surface area contributed by atoms with E-state index < -0.39 is 8.07 Å². The van der Waals surface area contributed by atoms with E-state index in [-0.39, 0.29) is 0 Å². The first-order valence-electron chi connectivity index (χ1n) is 12.9. The molecule has 162 valence electrons. The highest BCUT2D eigenvalue weighted by atomic mass is 28.3. The molecule has 2 heteroatoms. The normalized spacial score (nSPS) is 49.9. The van der Waals surface area contributed by atoms with Crippen LogP contribution in [0.25, 0.3) is 0 Å². The van der Waals surface area contributed by atoms with E-state index in [2.05, 4.69) is 52.9 Å². The van der Waals surface area contributed by atoms with Crippen molar-refractivity contribution in [2.45, 2.75) is 96.3 Å². The molecule has 5 rings (SSSR count). The lowest BCUT2D eigenvalue weighted by Gasteiger charge is -2.48. The minimum Gasteiger partial charge on any atom is -0.469 e. The fraction of sp³-hybridized carbons (Fsp3) is 0.852. The first kappa shape index (κ1) is 20.4. The zero-order chi connectivity index (χ0) is 20.5. The summed E-state index contributed by atoms with van der Waals surface area (Å²) in [6.45, 7) is 15.9. The van der Waals surface area contributed by atoms with Crippen LogP contribution in [0.15, 0.2) is 22.8 Å². The number of hydrogen-bond acceptors (Lipinski definition) is 1. The lowest BCUT2D eigenvalue weighted by atomic mass is 9.63. The van der Waals surface area contributed by atoms with Crippen molar-refractivity contribution in [1.82, 2.24) is 0 Å². The SMILES string of the molecule is CC1C(C)C(C)C([Si](C)(C)C2CCC3C2CC2CCCC2C3c2ccco2)C1C. The average Bonchev–Trinajstić information content (AvgIpc) is 3.45. The maximum absolute atomic E-state index is 6.08. The summed E-state index contributed by atoms with van der Waals surface area (Å²) < 4.78 is 6.08. The Morgan fingerprint density at radius 2 is 1.55 bits per heavy atom. The van der Waals surface area contributed by atoms with Gasteiger partial charge in [0, 0.05) is 5.92 Å². The Labute approximate surface area is 180 Å². The van der Waals surface area contributed by atoms with E-state index in [4.69, 9.17) is 4.42 Å². The summed E-state index contributed by atoms with van der Waals surface area (Å²) in [5.41, 5.74) is 2.05. The van der Waals surface area contributed by atoms with Crippen molar-refractivity contribution in [3.05, 3.63) is 24.2 Å². The second-order valence-corrected chi connectivity index (χ2v) is 17.5. The van der Waals surface area contributed by atoms with Crippen LogP contribution in [0.5, 0.6) is 0 Å².